The number of hydrogen-bond acceptors (Lipinski definition) is 7. The van der Waals surface area contributed by atoms with Crippen molar-refractivity contribution in [3.8, 4) is 11.9 Å². The summed E-state index contributed by atoms with van der Waals surface area (Å²) in [7, 11) is 0. The number of aromatic nitrogens is 4. The van der Waals surface area contributed by atoms with Gasteiger partial charge in [0.1, 0.15) is 12.1 Å². The van der Waals surface area contributed by atoms with E-state index in [0.717, 1.165) is 22.1 Å². The number of nitro groups is 1. The fraction of sp³-hybridized carbons (Fsp3) is 0.211. The maximum Gasteiger partial charge on any atom is 0.270 e. The third-order valence-corrected chi connectivity index (χ3v) is 4.38. The van der Waals surface area contributed by atoms with Crippen LogP contribution in [0.1, 0.15) is 29.9 Å². The van der Waals surface area contributed by atoms with E-state index in [4.69, 9.17) is 0 Å². The lowest BCUT2D eigenvalue weighted by atomic mass is 10.1. The van der Waals surface area contributed by atoms with Crippen LogP contribution < -0.4 is 10.9 Å². The van der Waals surface area contributed by atoms with E-state index in [9.17, 15) is 25.0 Å². The summed E-state index contributed by atoms with van der Waals surface area (Å²) in [5.74, 6) is -0.242. The lowest BCUT2D eigenvalue weighted by Crippen LogP contribution is -2.34. The Balaban J connectivity index is 1.91. The van der Waals surface area contributed by atoms with Crippen molar-refractivity contribution in [2.45, 2.75) is 26.8 Å². The van der Waals surface area contributed by atoms with Crippen molar-refractivity contribution in [1.82, 2.24) is 19.6 Å². The van der Waals surface area contributed by atoms with Crippen molar-refractivity contribution in [2.24, 2.45) is 0 Å². The molecule has 3 aromatic rings. The molecule has 1 unspecified atom stereocenters. The van der Waals surface area contributed by atoms with Crippen molar-refractivity contribution in [1.29, 1.82) is 5.26 Å². The number of carbonyl (C=O) groups is 1. The fourth-order valence-electron chi connectivity index (χ4n) is 2.86. The number of rotatable bonds is 5. The quantitative estimate of drug-likeness (QED) is 0.502. The molecule has 0 saturated carbocycles. The van der Waals surface area contributed by atoms with Gasteiger partial charge in [0.2, 0.25) is 5.91 Å². The molecule has 0 aliphatic heterocycles. The standard InChI is InChI=1S/C19H17N7O4/c1-11-8-12(2)24(22-11)17-6-7-18(27)25(23-17)13(3)19(28)21-16-5-4-15(26(29)30)9-14(16)10-20/h4-9,13H,1-3H3,(H,21,28). The molecule has 2 aromatic heterocycles. The molecular formula is C19H17N7O4. The van der Waals surface area contributed by atoms with Crippen molar-refractivity contribution in [2.75, 3.05) is 5.32 Å². The number of anilines is 1. The predicted octanol–water partition coefficient (Wildman–Crippen LogP) is 2.03. The second-order valence-electron chi connectivity index (χ2n) is 6.58. The summed E-state index contributed by atoms with van der Waals surface area (Å²) >= 11 is 0. The van der Waals surface area contributed by atoms with Gasteiger partial charge >= 0.3 is 0 Å². The van der Waals surface area contributed by atoms with E-state index in [2.05, 4.69) is 15.5 Å². The van der Waals surface area contributed by atoms with Gasteiger partial charge in [0.15, 0.2) is 5.82 Å². The second-order valence-corrected chi connectivity index (χ2v) is 6.58. The Bertz CT molecular complexity index is 1250. The molecule has 1 N–H and O–H groups in total. The van der Waals surface area contributed by atoms with E-state index < -0.39 is 22.4 Å². The summed E-state index contributed by atoms with van der Waals surface area (Å²) < 4.78 is 2.57. The van der Waals surface area contributed by atoms with Crippen LogP contribution in [0.2, 0.25) is 0 Å². The number of aryl methyl sites for hydroxylation is 2. The van der Waals surface area contributed by atoms with E-state index in [1.165, 1.54) is 31.2 Å². The molecule has 1 aromatic carbocycles. The Morgan fingerprint density at radius 1 is 1.23 bits per heavy atom. The highest BCUT2D eigenvalue weighted by Gasteiger charge is 2.21. The largest absolute Gasteiger partial charge is 0.323 e. The molecule has 0 saturated heterocycles. The number of non-ortho nitro benzene ring substituents is 1. The first-order valence-electron chi connectivity index (χ1n) is 8.84. The molecule has 30 heavy (non-hydrogen) atoms. The maximum absolute atomic E-state index is 12.7. The van der Waals surface area contributed by atoms with Crippen LogP contribution in [-0.4, -0.2) is 30.4 Å². The molecule has 0 aliphatic rings. The number of nitrogens with zero attached hydrogens (tertiary/aromatic N) is 6. The number of nitro benzene ring substituents is 1. The fourth-order valence-corrected chi connectivity index (χ4v) is 2.86. The molecule has 152 valence electrons. The van der Waals surface area contributed by atoms with Gasteiger partial charge in [-0.15, -0.1) is 5.10 Å². The molecule has 0 fully saturated rings. The highest BCUT2D eigenvalue weighted by molar-refractivity contribution is 5.94. The number of hydrogen-bond donors (Lipinski definition) is 1. The molecular weight excluding hydrogens is 390 g/mol. The highest BCUT2D eigenvalue weighted by atomic mass is 16.6. The van der Waals surface area contributed by atoms with Gasteiger partial charge in [-0.05, 0) is 39.0 Å². The Morgan fingerprint density at radius 3 is 2.57 bits per heavy atom. The lowest BCUT2D eigenvalue weighted by Gasteiger charge is -2.15. The zero-order chi connectivity index (χ0) is 22.0. The van der Waals surface area contributed by atoms with Gasteiger partial charge in [-0.1, -0.05) is 0 Å². The third kappa shape index (κ3) is 3.93. The van der Waals surface area contributed by atoms with Crippen molar-refractivity contribution < 1.29 is 9.72 Å². The minimum atomic E-state index is -1.02. The monoisotopic (exact) mass is 407 g/mol. The third-order valence-electron chi connectivity index (χ3n) is 4.38. The lowest BCUT2D eigenvalue weighted by molar-refractivity contribution is -0.384. The van der Waals surface area contributed by atoms with Gasteiger partial charge in [-0.25, -0.2) is 9.36 Å². The van der Waals surface area contributed by atoms with Crippen LogP contribution in [0.3, 0.4) is 0 Å². The number of carbonyl (C=O) groups excluding carboxylic acids is 1. The van der Waals surface area contributed by atoms with Gasteiger partial charge in [0.05, 0.1) is 21.9 Å². The summed E-state index contributed by atoms with van der Waals surface area (Å²) in [6.07, 6.45) is 0. The van der Waals surface area contributed by atoms with Gasteiger partial charge in [0, 0.05) is 23.9 Å². The molecule has 1 atom stereocenters. The number of benzene rings is 1. The van der Waals surface area contributed by atoms with E-state index in [0.29, 0.717) is 5.82 Å². The summed E-state index contributed by atoms with van der Waals surface area (Å²) in [5, 5.41) is 31.2. The molecule has 11 nitrogen and oxygen atoms in total. The molecule has 0 aliphatic carbocycles. The Kier molecular flexibility index (Phi) is 5.41. The first-order chi connectivity index (χ1) is 14.2. The highest BCUT2D eigenvalue weighted by Crippen LogP contribution is 2.22. The molecule has 2 heterocycles. The van der Waals surface area contributed by atoms with E-state index in [1.54, 1.807) is 4.68 Å². The predicted molar refractivity (Wildman–Crippen MR) is 106 cm³/mol. The van der Waals surface area contributed by atoms with Gasteiger partial charge in [-0.2, -0.15) is 10.4 Å². The normalized spacial score (nSPS) is 11.5. The maximum atomic E-state index is 12.7. The topological polar surface area (TPSA) is 149 Å². The average molecular weight is 407 g/mol. The molecule has 11 heteroatoms. The Morgan fingerprint density at radius 2 is 1.97 bits per heavy atom. The van der Waals surface area contributed by atoms with Crippen LogP contribution in [0.15, 0.2) is 41.2 Å². The molecule has 0 spiro atoms. The van der Waals surface area contributed by atoms with Crippen LogP contribution in [0.25, 0.3) is 5.82 Å². The average Bonchev–Trinajstić information content (AvgIpc) is 3.05. The van der Waals surface area contributed by atoms with E-state index in [1.807, 2.05) is 26.0 Å². The number of amides is 1. The Labute approximate surface area is 170 Å². The van der Waals surface area contributed by atoms with Crippen LogP contribution in [0, 0.1) is 35.3 Å². The SMILES string of the molecule is Cc1cc(C)n(-c2ccc(=O)n(C(C)C(=O)Nc3ccc([N+](=O)[O-])cc3C#N)n2)n1. The molecule has 3 rings (SSSR count). The molecule has 0 radical (unpaired) electrons. The number of nitrogens with one attached hydrogen (secondary N) is 1. The zero-order valence-corrected chi connectivity index (χ0v) is 16.4. The molecule has 1 amide bonds. The minimum Gasteiger partial charge on any atom is -0.323 e. The summed E-state index contributed by atoms with van der Waals surface area (Å²) in [6.45, 7) is 5.14. The van der Waals surface area contributed by atoms with Crippen LogP contribution >= 0.6 is 0 Å². The van der Waals surface area contributed by atoms with E-state index in [-0.39, 0.29) is 16.9 Å². The van der Waals surface area contributed by atoms with Crippen LogP contribution in [0.5, 0.6) is 0 Å². The van der Waals surface area contributed by atoms with E-state index >= 15 is 0 Å². The van der Waals surface area contributed by atoms with Crippen molar-refractivity contribution in [3.05, 3.63) is 73.8 Å². The smallest absolute Gasteiger partial charge is 0.270 e. The summed E-state index contributed by atoms with van der Waals surface area (Å²) in [4.78, 5) is 35.2. The molecule has 0 bridgehead atoms. The van der Waals surface area contributed by atoms with Crippen LogP contribution in [-0.2, 0) is 4.79 Å². The van der Waals surface area contributed by atoms with Gasteiger partial charge in [-0.3, -0.25) is 19.7 Å². The first kappa shape index (κ1) is 20.4. The summed E-state index contributed by atoms with van der Waals surface area (Å²) in [6, 6.07) is 8.95. The second kappa shape index (κ2) is 7.96. The zero-order valence-electron chi connectivity index (χ0n) is 16.4. The van der Waals surface area contributed by atoms with Gasteiger partial charge < -0.3 is 5.32 Å². The van der Waals surface area contributed by atoms with Crippen molar-refractivity contribution in [3.63, 3.8) is 0 Å². The Hall–Kier alpha value is -4.33. The minimum absolute atomic E-state index is 0.0681. The summed E-state index contributed by atoms with van der Waals surface area (Å²) in [5.41, 5.74) is 0.858. The first-order valence-corrected chi connectivity index (χ1v) is 8.84. The van der Waals surface area contributed by atoms with Crippen LogP contribution in [0.4, 0.5) is 11.4 Å². The van der Waals surface area contributed by atoms with Crippen molar-refractivity contribution >= 4 is 17.3 Å². The van der Waals surface area contributed by atoms with Gasteiger partial charge in [0.25, 0.3) is 11.2 Å². The number of nitriles is 1.